The van der Waals surface area contributed by atoms with Crippen molar-refractivity contribution < 1.29 is 14.6 Å². The minimum Gasteiger partial charge on any atom is -0.384 e. The van der Waals surface area contributed by atoms with E-state index in [1.54, 1.807) is 18.8 Å². The van der Waals surface area contributed by atoms with Crippen LogP contribution in [0.5, 0.6) is 0 Å². The lowest BCUT2D eigenvalue weighted by molar-refractivity contribution is -0.156. The van der Waals surface area contributed by atoms with Crippen molar-refractivity contribution in [1.82, 2.24) is 15.0 Å². The van der Waals surface area contributed by atoms with Crippen molar-refractivity contribution in [2.75, 3.05) is 20.3 Å². The Hall–Kier alpha value is -0.500. The first-order valence-corrected chi connectivity index (χ1v) is 6.26. The van der Waals surface area contributed by atoms with Gasteiger partial charge in [0.1, 0.15) is 17.4 Å². The van der Waals surface area contributed by atoms with Gasteiger partial charge in [-0.2, -0.15) is 0 Å². The van der Waals surface area contributed by atoms with Crippen LogP contribution in [0.4, 0.5) is 0 Å². The Labute approximate surface area is 108 Å². The predicted octanol–water partition coefficient (Wildman–Crippen LogP) is 0.807. The molecule has 7 heteroatoms. The second kappa shape index (κ2) is 5.01. The van der Waals surface area contributed by atoms with Gasteiger partial charge in [0.25, 0.3) is 0 Å². The second-order valence-electron chi connectivity index (χ2n) is 4.17. The van der Waals surface area contributed by atoms with E-state index < -0.39 is 11.7 Å². The SMILES string of the molecule is COC1(C(O)c2c(Br)nnn2C)CCOCC1. The van der Waals surface area contributed by atoms with Crippen molar-refractivity contribution in [2.24, 2.45) is 7.05 Å². The molecule has 6 nitrogen and oxygen atoms in total. The van der Waals surface area contributed by atoms with E-state index >= 15 is 0 Å². The summed E-state index contributed by atoms with van der Waals surface area (Å²) in [6.07, 6.45) is 0.538. The van der Waals surface area contributed by atoms with E-state index in [0.29, 0.717) is 36.4 Å². The molecule has 0 bridgehead atoms. The first-order chi connectivity index (χ1) is 8.10. The van der Waals surface area contributed by atoms with E-state index in [2.05, 4.69) is 26.2 Å². The number of aryl methyl sites for hydroxylation is 1. The van der Waals surface area contributed by atoms with Crippen molar-refractivity contribution in [1.29, 1.82) is 0 Å². The van der Waals surface area contributed by atoms with E-state index in [0.717, 1.165) is 0 Å². The number of halogens is 1. The lowest BCUT2D eigenvalue weighted by Gasteiger charge is -2.39. The smallest absolute Gasteiger partial charge is 0.154 e. The molecule has 1 fully saturated rings. The van der Waals surface area contributed by atoms with Gasteiger partial charge in [0.05, 0.1) is 0 Å². The molecular formula is C10H16BrN3O3. The predicted molar refractivity (Wildman–Crippen MR) is 63.5 cm³/mol. The van der Waals surface area contributed by atoms with Gasteiger partial charge in [0.15, 0.2) is 4.60 Å². The van der Waals surface area contributed by atoms with Crippen LogP contribution >= 0.6 is 15.9 Å². The summed E-state index contributed by atoms with van der Waals surface area (Å²) < 4.78 is 13.0. The molecule has 17 heavy (non-hydrogen) atoms. The summed E-state index contributed by atoms with van der Waals surface area (Å²) in [5.41, 5.74) is 0.0183. The normalized spacial score (nSPS) is 21.4. The Balaban J connectivity index is 2.31. The molecule has 1 aliphatic heterocycles. The summed E-state index contributed by atoms with van der Waals surface area (Å²) in [5, 5.41) is 18.3. The molecule has 1 aromatic rings. The van der Waals surface area contributed by atoms with Gasteiger partial charge in [0, 0.05) is 40.2 Å². The number of nitrogens with zero attached hydrogens (tertiary/aromatic N) is 3. The Morgan fingerprint density at radius 2 is 2.18 bits per heavy atom. The monoisotopic (exact) mass is 305 g/mol. The fourth-order valence-electron chi connectivity index (χ4n) is 2.18. The average molecular weight is 306 g/mol. The lowest BCUT2D eigenvalue weighted by Crippen LogP contribution is -2.44. The minimum absolute atomic E-state index is 0.551. The molecule has 1 aromatic heterocycles. The van der Waals surface area contributed by atoms with Gasteiger partial charge in [-0.15, -0.1) is 5.10 Å². The number of aromatic nitrogens is 3. The average Bonchev–Trinajstić information content (AvgIpc) is 2.69. The first-order valence-electron chi connectivity index (χ1n) is 5.47. The van der Waals surface area contributed by atoms with Crippen LogP contribution in [0.2, 0.25) is 0 Å². The number of rotatable bonds is 3. The summed E-state index contributed by atoms with van der Waals surface area (Å²) in [4.78, 5) is 0. The van der Waals surface area contributed by atoms with Crippen molar-refractivity contribution in [3.05, 3.63) is 10.3 Å². The third-order valence-corrected chi connectivity index (χ3v) is 3.89. The molecule has 2 heterocycles. The molecule has 0 amide bonds. The van der Waals surface area contributed by atoms with E-state index in [9.17, 15) is 5.11 Å². The Kier molecular flexibility index (Phi) is 3.82. The third-order valence-electron chi connectivity index (χ3n) is 3.33. The molecule has 1 unspecified atom stereocenters. The zero-order chi connectivity index (χ0) is 12.5. The minimum atomic E-state index is -0.772. The number of ether oxygens (including phenoxy) is 2. The van der Waals surface area contributed by atoms with Crippen molar-refractivity contribution in [3.63, 3.8) is 0 Å². The zero-order valence-electron chi connectivity index (χ0n) is 9.89. The summed E-state index contributed by atoms with van der Waals surface area (Å²) in [7, 11) is 3.37. The highest BCUT2D eigenvalue weighted by molar-refractivity contribution is 9.10. The van der Waals surface area contributed by atoms with Crippen molar-refractivity contribution >= 4 is 15.9 Å². The number of aliphatic hydroxyl groups is 1. The summed E-state index contributed by atoms with van der Waals surface area (Å²) in [6.45, 7) is 1.18. The quantitative estimate of drug-likeness (QED) is 0.895. The van der Waals surface area contributed by atoms with Gasteiger partial charge in [-0.1, -0.05) is 5.21 Å². The molecule has 1 N–H and O–H groups in total. The standard InChI is InChI=1S/C10H16BrN3O3/c1-14-7(9(11)12-13-14)8(15)10(16-2)3-5-17-6-4-10/h8,15H,3-6H2,1-2H3. The number of methoxy groups -OCH3 is 1. The van der Waals surface area contributed by atoms with E-state index in [1.807, 2.05) is 0 Å². The van der Waals surface area contributed by atoms with Crippen LogP contribution in [0.1, 0.15) is 24.6 Å². The summed E-state index contributed by atoms with van der Waals surface area (Å²) >= 11 is 3.30. The van der Waals surface area contributed by atoms with Gasteiger partial charge < -0.3 is 14.6 Å². The van der Waals surface area contributed by atoms with Crippen molar-refractivity contribution in [2.45, 2.75) is 24.5 Å². The fraction of sp³-hybridized carbons (Fsp3) is 0.800. The van der Waals surface area contributed by atoms with Crippen LogP contribution in [-0.4, -0.2) is 46.0 Å². The van der Waals surface area contributed by atoms with Crippen LogP contribution in [0, 0.1) is 0 Å². The van der Waals surface area contributed by atoms with Gasteiger partial charge in [-0.3, -0.25) is 0 Å². The molecule has 0 aliphatic carbocycles. The molecule has 0 aromatic carbocycles. The molecular weight excluding hydrogens is 290 g/mol. The van der Waals surface area contributed by atoms with Crippen LogP contribution in [0.25, 0.3) is 0 Å². The highest BCUT2D eigenvalue weighted by Gasteiger charge is 2.43. The Morgan fingerprint density at radius 3 is 2.65 bits per heavy atom. The molecule has 1 atom stereocenters. The Morgan fingerprint density at radius 1 is 1.53 bits per heavy atom. The number of aliphatic hydroxyl groups excluding tert-OH is 1. The first kappa shape index (κ1) is 12.9. The van der Waals surface area contributed by atoms with Crippen LogP contribution in [0.15, 0.2) is 4.60 Å². The highest BCUT2D eigenvalue weighted by Crippen LogP contribution is 2.38. The molecule has 2 rings (SSSR count). The van der Waals surface area contributed by atoms with Crippen LogP contribution in [0.3, 0.4) is 0 Å². The Bertz CT molecular complexity index is 371. The zero-order valence-corrected chi connectivity index (χ0v) is 11.5. The molecule has 0 radical (unpaired) electrons. The molecule has 1 aliphatic rings. The maximum atomic E-state index is 10.5. The topological polar surface area (TPSA) is 69.4 Å². The fourth-order valence-corrected chi connectivity index (χ4v) is 2.73. The maximum absolute atomic E-state index is 10.5. The molecule has 0 saturated carbocycles. The van der Waals surface area contributed by atoms with Crippen LogP contribution in [-0.2, 0) is 16.5 Å². The number of hydrogen-bond donors (Lipinski definition) is 1. The van der Waals surface area contributed by atoms with Crippen LogP contribution < -0.4 is 0 Å². The lowest BCUT2D eigenvalue weighted by atomic mass is 9.86. The van der Waals surface area contributed by atoms with Gasteiger partial charge >= 0.3 is 0 Å². The van der Waals surface area contributed by atoms with Gasteiger partial charge in [-0.25, -0.2) is 4.68 Å². The summed E-state index contributed by atoms with van der Waals surface area (Å²) in [5.74, 6) is 0. The third kappa shape index (κ3) is 2.24. The van der Waals surface area contributed by atoms with Gasteiger partial charge in [0.2, 0.25) is 0 Å². The summed E-state index contributed by atoms with van der Waals surface area (Å²) in [6, 6.07) is 0. The second-order valence-corrected chi connectivity index (χ2v) is 4.92. The molecule has 1 saturated heterocycles. The van der Waals surface area contributed by atoms with E-state index in [-0.39, 0.29) is 0 Å². The van der Waals surface area contributed by atoms with Crippen molar-refractivity contribution in [3.8, 4) is 0 Å². The maximum Gasteiger partial charge on any atom is 0.154 e. The molecule has 0 spiro atoms. The van der Waals surface area contributed by atoms with E-state index in [4.69, 9.17) is 9.47 Å². The molecule has 96 valence electrons. The van der Waals surface area contributed by atoms with Gasteiger partial charge in [-0.05, 0) is 15.9 Å². The van der Waals surface area contributed by atoms with E-state index in [1.165, 1.54) is 0 Å². The number of hydrogen-bond acceptors (Lipinski definition) is 5. The largest absolute Gasteiger partial charge is 0.384 e. The highest BCUT2D eigenvalue weighted by atomic mass is 79.9.